The van der Waals surface area contributed by atoms with E-state index in [0.717, 1.165) is 10.0 Å². The molecule has 2 aromatic rings. The van der Waals surface area contributed by atoms with Gasteiger partial charge in [0.2, 0.25) is 10.0 Å². The molecule has 2 N–H and O–H groups in total. The maximum Gasteiger partial charge on any atom is 0.240 e. The van der Waals surface area contributed by atoms with Crippen molar-refractivity contribution in [1.29, 1.82) is 0 Å². The van der Waals surface area contributed by atoms with Gasteiger partial charge in [-0.05, 0) is 36.8 Å². The zero-order chi connectivity index (χ0) is 14.8. The van der Waals surface area contributed by atoms with E-state index in [1.54, 1.807) is 30.3 Å². The minimum Gasteiger partial charge on any atom is -0.508 e. The van der Waals surface area contributed by atoms with Gasteiger partial charge in [-0.15, -0.1) is 0 Å². The maximum absolute atomic E-state index is 12.2. The van der Waals surface area contributed by atoms with Gasteiger partial charge in [0.15, 0.2) is 0 Å². The molecule has 0 bridgehead atoms. The number of aromatic hydroxyl groups is 1. The second-order valence-corrected chi connectivity index (χ2v) is 6.99. The SMILES string of the molecule is Cc1cc(S(=O)(=O)NCc2ccccc2O)ccc1Br. The number of phenols is 1. The smallest absolute Gasteiger partial charge is 0.240 e. The Balaban J connectivity index is 2.19. The fourth-order valence-corrected chi connectivity index (χ4v) is 3.04. The van der Waals surface area contributed by atoms with Gasteiger partial charge in [-0.1, -0.05) is 34.1 Å². The van der Waals surface area contributed by atoms with Gasteiger partial charge in [-0.2, -0.15) is 0 Å². The summed E-state index contributed by atoms with van der Waals surface area (Å²) in [7, 11) is -3.60. The standard InChI is InChI=1S/C14H14BrNO3S/c1-10-8-12(6-7-13(10)15)20(18,19)16-9-11-4-2-3-5-14(11)17/h2-8,16-17H,9H2,1H3. The normalized spacial score (nSPS) is 11.5. The lowest BCUT2D eigenvalue weighted by molar-refractivity contribution is 0.467. The fraction of sp³-hybridized carbons (Fsp3) is 0.143. The number of halogens is 1. The van der Waals surface area contributed by atoms with Crippen LogP contribution in [0.5, 0.6) is 5.75 Å². The number of para-hydroxylation sites is 1. The van der Waals surface area contributed by atoms with Gasteiger partial charge in [-0.25, -0.2) is 13.1 Å². The number of aryl methyl sites for hydroxylation is 1. The lowest BCUT2D eigenvalue weighted by Crippen LogP contribution is -2.23. The van der Waals surface area contributed by atoms with Crippen LogP contribution in [0.4, 0.5) is 0 Å². The maximum atomic E-state index is 12.2. The summed E-state index contributed by atoms with van der Waals surface area (Å²) in [6.07, 6.45) is 0. The lowest BCUT2D eigenvalue weighted by atomic mass is 10.2. The first-order valence-electron chi connectivity index (χ1n) is 5.93. The quantitative estimate of drug-likeness (QED) is 0.885. The third kappa shape index (κ3) is 3.39. The number of hydrogen-bond donors (Lipinski definition) is 2. The Morgan fingerprint density at radius 1 is 1.20 bits per heavy atom. The molecule has 0 aliphatic rings. The van der Waals surface area contributed by atoms with E-state index in [-0.39, 0.29) is 17.2 Å². The van der Waals surface area contributed by atoms with Crippen LogP contribution in [0.15, 0.2) is 51.8 Å². The van der Waals surface area contributed by atoms with E-state index in [9.17, 15) is 13.5 Å². The highest BCUT2D eigenvalue weighted by atomic mass is 79.9. The fourth-order valence-electron chi connectivity index (χ4n) is 1.70. The van der Waals surface area contributed by atoms with Gasteiger partial charge in [-0.3, -0.25) is 0 Å². The van der Waals surface area contributed by atoms with E-state index in [1.807, 2.05) is 6.92 Å². The van der Waals surface area contributed by atoms with Crippen LogP contribution in [0.2, 0.25) is 0 Å². The molecule has 0 aliphatic carbocycles. The molecule has 0 aliphatic heterocycles. The summed E-state index contributed by atoms with van der Waals surface area (Å²) in [5.74, 6) is 0.0715. The van der Waals surface area contributed by atoms with Crippen LogP contribution >= 0.6 is 15.9 Å². The number of hydrogen-bond acceptors (Lipinski definition) is 3. The van der Waals surface area contributed by atoms with Crippen molar-refractivity contribution in [3.8, 4) is 5.75 Å². The molecule has 0 spiro atoms. The number of benzene rings is 2. The lowest BCUT2D eigenvalue weighted by Gasteiger charge is -2.09. The van der Waals surface area contributed by atoms with E-state index in [1.165, 1.54) is 12.1 Å². The number of phenolic OH excluding ortho intramolecular Hbond substituents is 1. The molecule has 0 atom stereocenters. The van der Waals surface area contributed by atoms with Gasteiger partial charge < -0.3 is 5.11 Å². The van der Waals surface area contributed by atoms with E-state index >= 15 is 0 Å². The second kappa shape index (κ2) is 5.95. The second-order valence-electron chi connectivity index (χ2n) is 4.36. The number of nitrogens with one attached hydrogen (secondary N) is 1. The molecule has 0 fully saturated rings. The van der Waals surface area contributed by atoms with E-state index < -0.39 is 10.0 Å². The molecule has 20 heavy (non-hydrogen) atoms. The van der Waals surface area contributed by atoms with Crippen LogP contribution in [-0.4, -0.2) is 13.5 Å². The first kappa shape index (κ1) is 15.0. The number of rotatable bonds is 4. The molecule has 4 nitrogen and oxygen atoms in total. The molecule has 0 heterocycles. The highest BCUT2D eigenvalue weighted by molar-refractivity contribution is 9.10. The molecular formula is C14H14BrNO3S. The highest BCUT2D eigenvalue weighted by Crippen LogP contribution is 2.21. The van der Waals surface area contributed by atoms with Crippen molar-refractivity contribution in [2.75, 3.05) is 0 Å². The molecule has 0 radical (unpaired) electrons. The minimum absolute atomic E-state index is 0.0458. The number of sulfonamides is 1. The topological polar surface area (TPSA) is 66.4 Å². The Kier molecular flexibility index (Phi) is 4.47. The highest BCUT2D eigenvalue weighted by Gasteiger charge is 2.15. The van der Waals surface area contributed by atoms with E-state index in [0.29, 0.717) is 5.56 Å². The first-order valence-corrected chi connectivity index (χ1v) is 8.20. The van der Waals surface area contributed by atoms with Gasteiger partial charge >= 0.3 is 0 Å². The van der Waals surface area contributed by atoms with Crippen molar-refractivity contribution in [2.45, 2.75) is 18.4 Å². The van der Waals surface area contributed by atoms with Crippen LogP contribution < -0.4 is 4.72 Å². The third-order valence-corrected chi connectivity index (χ3v) is 5.17. The molecule has 2 rings (SSSR count). The van der Waals surface area contributed by atoms with Crippen molar-refractivity contribution in [1.82, 2.24) is 4.72 Å². The van der Waals surface area contributed by atoms with Crippen LogP contribution in [0.1, 0.15) is 11.1 Å². The predicted octanol–water partition coefficient (Wildman–Crippen LogP) is 2.94. The third-order valence-electron chi connectivity index (χ3n) is 2.88. The Labute approximate surface area is 126 Å². The average molecular weight is 356 g/mol. The van der Waals surface area contributed by atoms with Crippen LogP contribution in [-0.2, 0) is 16.6 Å². The van der Waals surface area contributed by atoms with Crippen molar-refractivity contribution in [3.63, 3.8) is 0 Å². The summed E-state index contributed by atoms with van der Waals surface area (Å²) < 4.78 is 27.7. The molecule has 0 amide bonds. The Bertz CT molecular complexity index is 729. The molecule has 0 aromatic heterocycles. The van der Waals surface area contributed by atoms with Gasteiger partial charge in [0, 0.05) is 16.6 Å². The summed E-state index contributed by atoms with van der Waals surface area (Å²) in [6.45, 7) is 1.87. The largest absolute Gasteiger partial charge is 0.508 e. The summed E-state index contributed by atoms with van der Waals surface area (Å²) in [5, 5.41) is 9.62. The molecule has 0 saturated carbocycles. The van der Waals surface area contributed by atoms with Crippen molar-refractivity contribution in [3.05, 3.63) is 58.1 Å². The summed E-state index contributed by atoms with van der Waals surface area (Å²) in [5.41, 5.74) is 1.38. The zero-order valence-electron chi connectivity index (χ0n) is 10.8. The molecule has 0 unspecified atom stereocenters. The molecule has 106 valence electrons. The predicted molar refractivity (Wildman–Crippen MR) is 81.0 cm³/mol. The Morgan fingerprint density at radius 3 is 2.55 bits per heavy atom. The van der Waals surface area contributed by atoms with E-state index in [4.69, 9.17) is 0 Å². The average Bonchev–Trinajstić information content (AvgIpc) is 2.41. The summed E-state index contributed by atoms with van der Waals surface area (Å²) in [6, 6.07) is 11.4. The van der Waals surface area contributed by atoms with Crippen molar-refractivity contribution in [2.24, 2.45) is 0 Å². The van der Waals surface area contributed by atoms with E-state index in [2.05, 4.69) is 20.7 Å². The summed E-state index contributed by atoms with van der Waals surface area (Å²) in [4.78, 5) is 0.202. The Morgan fingerprint density at radius 2 is 1.90 bits per heavy atom. The van der Waals surface area contributed by atoms with Crippen LogP contribution in [0.25, 0.3) is 0 Å². The summed E-state index contributed by atoms with van der Waals surface area (Å²) >= 11 is 3.33. The van der Waals surface area contributed by atoms with Crippen molar-refractivity contribution < 1.29 is 13.5 Å². The van der Waals surface area contributed by atoms with Crippen LogP contribution in [0.3, 0.4) is 0 Å². The van der Waals surface area contributed by atoms with Crippen LogP contribution in [0, 0.1) is 6.92 Å². The minimum atomic E-state index is -3.60. The monoisotopic (exact) mass is 355 g/mol. The first-order chi connectivity index (χ1) is 9.40. The van der Waals surface area contributed by atoms with Gasteiger partial charge in [0.05, 0.1) is 4.90 Å². The molecule has 6 heteroatoms. The van der Waals surface area contributed by atoms with Gasteiger partial charge in [0.25, 0.3) is 0 Å². The molecule has 0 saturated heterocycles. The van der Waals surface area contributed by atoms with Gasteiger partial charge in [0.1, 0.15) is 5.75 Å². The van der Waals surface area contributed by atoms with Crippen molar-refractivity contribution >= 4 is 26.0 Å². The zero-order valence-corrected chi connectivity index (χ0v) is 13.2. The molecule has 2 aromatic carbocycles. The Hall–Kier alpha value is -1.37. The molecular weight excluding hydrogens is 342 g/mol.